The molecule has 0 saturated heterocycles. The smallest absolute Gasteiger partial charge is 0.311 e. The van der Waals surface area contributed by atoms with Crippen LogP contribution in [0.1, 0.15) is 58.0 Å². The zero-order valence-corrected chi connectivity index (χ0v) is 17.6. The van der Waals surface area contributed by atoms with E-state index in [9.17, 15) is 4.79 Å². The lowest BCUT2D eigenvalue weighted by atomic mass is 9.96. The third-order valence-corrected chi connectivity index (χ3v) is 5.71. The van der Waals surface area contributed by atoms with E-state index in [0.717, 1.165) is 37.1 Å². The number of nitrogens with one attached hydrogen (secondary N) is 1. The molecule has 0 spiro atoms. The van der Waals surface area contributed by atoms with Gasteiger partial charge < -0.3 is 19.9 Å². The van der Waals surface area contributed by atoms with Gasteiger partial charge in [-0.25, -0.2) is 4.98 Å². The molecule has 0 aromatic carbocycles. The monoisotopic (exact) mass is 393 g/mol. The number of fused-ring (bicyclic) bond motifs is 2. The first kappa shape index (κ1) is 19.4. The molecule has 156 valence electrons. The first-order valence-electron chi connectivity index (χ1n) is 10.6. The summed E-state index contributed by atoms with van der Waals surface area (Å²) in [7, 11) is 0. The Labute approximate surface area is 168 Å². The summed E-state index contributed by atoms with van der Waals surface area (Å²) in [6.45, 7) is 10.2. The van der Waals surface area contributed by atoms with Crippen LogP contribution in [0.5, 0.6) is 5.88 Å². The summed E-state index contributed by atoms with van der Waals surface area (Å²) in [5, 5.41) is 8.14. The van der Waals surface area contributed by atoms with E-state index < -0.39 is 5.41 Å². The molecule has 1 aliphatic carbocycles. The minimum Gasteiger partial charge on any atom is -0.470 e. The molecule has 1 aliphatic heterocycles. The molecule has 2 N–H and O–H groups in total. The van der Waals surface area contributed by atoms with Crippen LogP contribution in [0.3, 0.4) is 0 Å². The Morgan fingerprint density at radius 3 is 2.82 bits per heavy atom. The van der Waals surface area contributed by atoms with Crippen LogP contribution in [0.2, 0.25) is 0 Å². The molecule has 2 aliphatic rings. The van der Waals surface area contributed by atoms with Gasteiger partial charge in [-0.1, -0.05) is 0 Å². The summed E-state index contributed by atoms with van der Waals surface area (Å²) in [6.07, 6.45) is 3.50. The van der Waals surface area contributed by atoms with E-state index >= 15 is 0 Å². The molecule has 28 heavy (non-hydrogen) atoms. The first-order chi connectivity index (χ1) is 13.7. The quantitative estimate of drug-likeness (QED) is 0.543. The summed E-state index contributed by atoms with van der Waals surface area (Å²) in [4.78, 5) is 21.0. The van der Waals surface area contributed by atoms with Crippen molar-refractivity contribution in [2.75, 3.05) is 18.5 Å². The highest BCUT2D eigenvalue weighted by molar-refractivity contribution is 5.75. The highest BCUT2D eigenvalue weighted by Crippen LogP contribution is 2.45. The van der Waals surface area contributed by atoms with Crippen molar-refractivity contribution in [3.63, 3.8) is 0 Å². The molecule has 1 fully saturated rings. The van der Waals surface area contributed by atoms with Crippen LogP contribution in [0, 0.1) is 31.1 Å². The number of esters is 1. The molecule has 0 bridgehead atoms. The van der Waals surface area contributed by atoms with Crippen molar-refractivity contribution >= 4 is 11.7 Å². The van der Waals surface area contributed by atoms with Gasteiger partial charge in [0.1, 0.15) is 17.6 Å². The van der Waals surface area contributed by atoms with Crippen LogP contribution in [0.4, 0.5) is 5.69 Å². The zero-order valence-electron chi connectivity index (χ0n) is 18.6. The van der Waals surface area contributed by atoms with Crippen LogP contribution >= 0.6 is 0 Å². The Hall–Kier alpha value is -1.89. The molecular formula is C21H33N3O4. The first-order valence-corrected chi connectivity index (χ1v) is 10.2. The van der Waals surface area contributed by atoms with Gasteiger partial charge in [0.2, 0.25) is 7.31 Å². The number of ether oxygens (including phenoxy) is 2. The Morgan fingerprint density at radius 2 is 2.11 bits per heavy atom. The maximum Gasteiger partial charge on any atom is 0.311 e. The van der Waals surface area contributed by atoms with Gasteiger partial charge in [-0.05, 0) is 66.2 Å². The number of aromatic nitrogens is 2. The summed E-state index contributed by atoms with van der Waals surface area (Å²) in [6, 6.07) is 0.154. The van der Waals surface area contributed by atoms with E-state index in [1.54, 1.807) is 0 Å². The van der Waals surface area contributed by atoms with Crippen LogP contribution in [-0.4, -0.2) is 47.8 Å². The molecule has 4 atom stereocenters. The normalized spacial score (nSPS) is 26.5. The number of aryl methyl sites for hydroxylation is 2. The average molecular weight is 394 g/mol. The average Bonchev–Trinajstić information content (AvgIpc) is 2.96. The number of carbonyl (C=O) groups is 1. The number of rotatable bonds is 7. The number of aliphatic hydroxyl groups excluding tert-OH is 1. The number of aliphatic hydroxyl groups is 1. The second kappa shape index (κ2) is 8.23. The van der Waals surface area contributed by atoms with E-state index in [0.29, 0.717) is 30.8 Å². The van der Waals surface area contributed by atoms with Crippen molar-refractivity contribution in [3.8, 4) is 5.88 Å². The van der Waals surface area contributed by atoms with Crippen LogP contribution in [0.25, 0.3) is 0 Å². The molecule has 1 saturated carbocycles. The fraction of sp³-hybridized carbons (Fsp3) is 0.762. The molecular weight excluding hydrogens is 358 g/mol. The molecule has 1 aromatic rings. The summed E-state index contributed by atoms with van der Waals surface area (Å²) >= 11 is 0. The molecule has 2 heterocycles. The highest BCUT2D eigenvalue weighted by Gasteiger charge is 2.47. The van der Waals surface area contributed by atoms with Gasteiger partial charge >= 0.3 is 5.97 Å². The summed E-state index contributed by atoms with van der Waals surface area (Å²) in [5.41, 5.74) is 1.27. The van der Waals surface area contributed by atoms with E-state index in [1.165, 1.54) is 0 Å². The van der Waals surface area contributed by atoms with Crippen molar-refractivity contribution in [3.05, 3.63) is 11.5 Å². The molecule has 0 radical (unpaired) electrons. The third-order valence-electron chi connectivity index (χ3n) is 5.71. The number of nitrogens with zero attached hydrogens (tertiary/aromatic N) is 2. The summed E-state index contributed by atoms with van der Waals surface area (Å²) in [5.74, 6) is 1.80. The van der Waals surface area contributed by atoms with E-state index in [4.69, 9.17) is 10.9 Å². The number of carbonyl (C=O) groups excluding carboxylic acids is 1. The van der Waals surface area contributed by atoms with Gasteiger partial charge in [-0.2, -0.15) is 4.98 Å². The largest absolute Gasteiger partial charge is 0.470 e. The Balaban J connectivity index is 1.71. The minimum atomic E-state index is -0.495. The molecule has 0 amide bonds. The van der Waals surface area contributed by atoms with E-state index in [-0.39, 0.29) is 24.0 Å². The van der Waals surface area contributed by atoms with E-state index in [1.807, 2.05) is 34.6 Å². The molecule has 1 aromatic heterocycles. The predicted octanol–water partition coefficient (Wildman–Crippen LogP) is 3.02. The molecule has 7 nitrogen and oxygen atoms in total. The van der Waals surface area contributed by atoms with E-state index in [2.05, 4.69) is 20.4 Å². The summed E-state index contributed by atoms with van der Waals surface area (Å²) < 4.78 is 18.8. The Morgan fingerprint density at radius 1 is 1.32 bits per heavy atom. The second-order valence-corrected chi connectivity index (χ2v) is 9.07. The Kier molecular flexibility index (Phi) is 5.71. The standard InChI is InChI=1S/C21H33N3O4/c1-12-16-19(23-13(2)22-12)28-18-15(8-10-27-20(26)21(3,4)5)11-14(7-6-9-25)17(18)24-16/h14-15,17-18,24-25H,6-11H2,1-5H3/t14-,15-,17-,18+/m0/s1/i25T. The minimum absolute atomic E-state index is 0.0218. The Bertz CT molecular complexity index is 737. The van der Waals surface area contributed by atoms with Crippen molar-refractivity contribution in [2.45, 2.75) is 72.4 Å². The SMILES string of the molecule is [3H]OCCC[C@H]1C[C@H](CCOC(=O)C(C)(C)C)[C@H]2Oc3nc(C)nc(C)c3N[C@@H]12. The van der Waals surface area contributed by atoms with Gasteiger partial charge in [-0.15, -0.1) is 0 Å². The van der Waals surface area contributed by atoms with Crippen molar-refractivity contribution in [1.29, 1.82) is 1.43 Å². The van der Waals surface area contributed by atoms with Crippen LogP contribution < -0.4 is 10.1 Å². The fourth-order valence-electron chi connectivity index (χ4n) is 4.27. The second-order valence-electron chi connectivity index (χ2n) is 9.07. The molecule has 0 unspecified atom stereocenters. The van der Waals surface area contributed by atoms with Gasteiger partial charge in [0, 0.05) is 12.5 Å². The van der Waals surface area contributed by atoms with Gasteiger partial charge in [0.25, 0.3) is 0 Å². The van der Waals surface area contributed by atoms with Crippen LogP contribution in [-0.2, 0) is 9.53 Å². The highest BCUT2D eigenvalue weighted by atomic mass is 16.5. The van der Waals surface area contributed by atoms with Crippen molar-refractivity contribution in [1.82, 2.24) is 9.97 Å². The lowest BCUT2D eigenvalue weighted by Crippen LogP contribution is -2.44. The zero-order chi connectivity index (χ0) is 21.2. The number of hydrogen-bond acceptors (Lipinski definition) is 7. The predicted molar refractivity (Wildman–Crippen MR) is 106 cm³/mol. The lowest BCUT2D eigenvalue weighted by molar-refractivity contribution is -0.153. The number of hydrogen-bond donors (Lipinski definition) is 2. The fourth-order valence-corrected chi connectivity index (χ4v) is 4.27. The van der Waals surface area contributed by atoms with Gasteiger partial charge in [0.05, 0.1) is 23.8 Å². The van der Waals surface area contributed by atoms with Crippen molar-refractivity contribution < 1.29 is 19.4 Å². The van der Waals surface area contributed by atoms with Gasteiger partial charge in [-0.3, -0.25) is 4.79 Å². The third kappa shape index (κ3) is 4.40. The maximum absolute atomic E-state index is 12.1. The topological polar surface area (TPSA) is 93.6 Å². The lowest BCUT2D eigenvalue weighted by Gasteiger charge is -2.35. The van der Waals surface area contributed by atoms with Gasteiger partial charge in [0.15, 0.2) is 0 Å². The van der Waals surface area contributed by atoms with Crippen LogP contribution in [0.15, 0.2) is 0 Å². The van der Waals surface area contributed by atoms with Crippen molar-refractivity contribution in [2.24, 2.45) is 17.3 Å². The number of anilines is 1. The molecule has 7 heteroatoms. The maximum atomic E-state index is 12.1. The molecule has 3 rings (SSSR count).